The van der Waals surface area contributed by atoms with Gasteiger partial charge < -0.3 is 5.11 Å². The van der Waals surface area contributed by atoms with Crippen molar-refractivity contribution in [3.63, 3.8) is 0 Å². The summed E-state index contributed by atoms with van der Waals surface area (Å²) in [5.41, 5.74) is 3.01. The Balaban J connectivity index is 2.67. The quantitative estimate of drug-likeness (QED) is 0.758. The molecule has 1 nitrogen and oxygen atoms in total. The molecule has 88 valence electrons. The van der Waals surface area contributed by atoms with Crippen molar-refractivity contribution < 1.29 is 9.50 Å². The van der Waals surface area contributed by atoms with E-state index in [0.29, 0.717) is 11.8 Å². The molecule has 0 aromatic heterocycles. The fraction of sp³-hybridized carbons (Fsp3) is 0.571. The number of phenols is 1. The van der Waals surface area contributed by atoms with Crippen molar-refractivity contribution in [2.45, 2.75) is 51.9 Å². The van der Waals surface area contributed by atoms with Crippen LogP contribution in [0.4, 0.5) is 4.39 Å². The molecule has 2 heteroatoms. The van der Waals surface area contributed by atoms with Crippen LogP contribution in [-0.2, 0) is 6.42 Å². The summed E-state index contributed by atoms with van der Waals surface area (Å²) >= 11 is 0. The van der Waals surface area contributed by atoms with Crippen LogP contribution in [0.2, 0.25) is 0 Å². The highest BCUT2D eigenvalue weighted by molar-refractivity contribution is 5.47. The molecule has 1 aliphatic carbocycles. The standard InChI is InChI=1S/C14H19FO/c1-8(2)11-7-12(16)14(15)10-6-4-5-9(3)13(10)11/h7-9,16H,4-6H2,1-3H3. The predicted octanol–water partition coefficient (Wildman–Crippen LogP) is 4.09. The molecule has 1 atom stereocenters. The third-order valence-electron chi connectivity index (χ3n) is 3.60. The maximum atomic E-state index is 13.9. The minimum atomic E-state index is -0.397. The molecule has 1 aromatic carbocycles. The van der Waals surface area contributed by atoms with Crippen LogP contribution in [0.15, 0.2) is 6.07 Å². The van der Waals surface area contributed by atoms with E-state index >= 15 is 0 Å². The Morgan fingerprint density at radius 3 is 2.75 bits per heavy atom. The van der Waals surface area contributed by atoms with Crippen LogP contribution in [0.5, 0.6) is 5.75 Å². The Kier molecular flexibility index (Phi) is 2.92. The maximum absolute atomic E-state index is 13.9. The summed E-state index contributed by atoms with van der Waals surface area (Å²) in [5, 5.41) is 9.62. The van der Waals surface area contributed by atoms with Crippen molar-refractivity contribution in [2.24, 2.45) is 0 Å². The first-order chi connectivity index (χ1) is 7.52. The number of fused-ring (bicyclic) bond motifs is 1. The second-order valence-electron chi connectivity index (χ2n) is 5.14. The highest BCUT2D eigenvalue weighted by Crippen LogP contribution is 2.40. The molecule has 1 aliphatic rings. The van der Waals surface area contributed by atoms with Gasteiger partial charge in [0.25, 0.3) is 0 Å². The van der Waals surface area contributed by atoms with Crippen molar-refractivity contribution >= 4 is 0 Å². The van der Waals surface area contributed by atoms with Gasteiger partial charge in [-0.1, -0.05) is 20.8 Å². The van der Waals surface area contributed by atoms with Gasteiger partial charge in [0.1, 0.15) is 0 Å². The molecular formula is C14H19FO. The Hall–Kier alpha value is -1.05. The fourth-order valence-electron chi connectivity index (χ4n) is 2.77. The lowest BCUT2D eigenvalue weighted by molar-refractivity contribution is 0.420. The van der Waals surface area contributed by atoms with E-state index in [1.54, 1.807) is 6.07 Å². The first-order valence-electron chi connectivity index (χ1n) is 6.06. The van der Waals surface area contributed by atoms with Gasteiger partial charge in [-0.25, -0.2) is 4.39 Å². The molecule has 16 heavy (non-hydrogen) atoms. The van der Waals surface area contributed by atoms with Crippen molar-refractivity contribution in [1.29, 1.82) is 0 Å². The molecular weight excluding hydrogens is 203 g/mol. The number of hydrogen-bond donors (Lipinski definition) is 1. The average Bonchev–Trinajstić information content (AvgIpc) is 2.23. The number of phenolic OH excluding ortho intramolecular Hbond substituents is 1. The molecule has 0 bridgehead atoms. The molecule has 2 rings (SSSR count). The van der Waals surface area contributed by atoms with Crippen LogP contribution in [0.3, 0.4) is 0 Å². The summed E-state index contributed by atoms with van der Waals surface area (Å²) in [5.74, 6) is 0.166. The Morgan fingerprint density at radius 2 is 2.12 bits per heavy atom. The van der Waals surface area contributed by atoms with E-state index in [2.05, 4.69) is 20.8 Å². The van der Waals surface area contributed by atoms with E-state index in [-0.39, 0.29) is 5.75 Å². The van der Waals surface area contributed by atoms with Crippen molar-refractivity contribution in [3.8, 4) is 5.75 Å². The number of halogens is 1. The zero-order valence-corrected chi connectivity index (χ0v) is 10.2. The van der Waals surface area contributed by atoms with Gasteiger partial charge in [0.15, 0.2) is 11.6 Å². The van der Waals surface area contributed by atoms with Gasteiger partial charge in [0.2, 0.25) is 0 Å². The van der Waals surface area contributed by atoms with Crippen LogP contribution in [0, 0.1) is 5.82 Å². The van der Waals surface area contributed by atoms with Crippen molar-refractivity contribution in [2.75, 3.05) is 0 Å². The minimum Gasteiger partial charge on any atom is -0.505 e. The largest absolute Gasteiger partial charge is 0.505 e. The van der Waals surface area contributed by atoms with Gasteiger partial charge in [0.05, 0.1) is 0 Å². The van der Waals surface area contributed by atoms with Crippen LogP contribution in [0.1, 0.15) is 62.1 Å². The summed E-state index contributed by atoms with van der Waals surface area (Å²) < 4.78 is 13.9. The predicted molar refractivity (Wildman–Crippen MR) is 63.5 cm³/mol. The number of rotatable bonds is 1. The molecule has 0 saturated carbocycles. The van der Waals surface area contributed by atoms with Crippen LogP contribution < -0.4 is 0 Å². The van der Waals surface area contributed by atoms with Gasteiger partial charge in [-0.3, -0.25) is 0 Å². The molecule has 0 radical (unpaired) electrons. The van der Waals surface area contributed by atoms with Gasteiger partial charge >= 0.3 is 0 Å². The first kappa shape index (κ1) is 11.4. The third kappa shape index (κ3) is 1.70. The first-order valence-corrected chi connectivity index (χ1v) is 6.06. The van der Waals surface area contributed by atoms with Crippen LogP contribution in [-0.4, -0.2) is 5.11 Å². The van der Waals surface area contributed by atoms with E-state index in [4.69, 9.17) is 0 Å². The summed E-state index contributed by atoms with van der Waals surface area (Å²) in [6, 6.07) is 1.61. The third-order valence-corrected chi connectivity index (χ3v) is 3.60. The Bertz CT molecular complexity index is 410. The summed E-state index contributed by atoms with van der Waals surface area (Å²) in [6.07, 6.45) is 2.91. The normalized spacial score (nSPS) is 19.9. The summed E-state index contributed by atoms with van der Waals surface area (Å²) in [4.78, 5) is 0. The van der Waals surface area contributed by atoms with Gasteiger partial charge in [-0.2, -0.15) is 0 Å². The molecule has 0 amide bonds. The molecule has 0 heterocycles. The van der Waals surface area contributed by atoms with E-state index in [1.807, 2.05) is 0 Å². The van der Waals surface area contributed by atoms with E-state index in [9.17, 15) is 9.50 Å². The second kappa shape index (κ2) is 4.08. The number of hydrogen-bond acceptors (Lipinski definition) is 1. The lowest BCUT2D eigenvalue weighted by Crippen LogP contribution is -2.13. The lowest BCUT2D eigenvalue weighted by Gasteiger charge is -2.27. The zero-order valence-electron chi connectivity index (χ0n) is 10.2. The molecule has 1 N–H and O–H groups in total. The average molecular weight is 222 g/mol. The van der Waals surface area contributed by atoms with E-state index < -0.39 is 5.82 Å². The van der Waals surface area contributed by atoms with E-state index in [1.165, 1.54) is 0 Å². The molecule has 0 aliphatic heterocycles. The molecule has 1 unspecified atom stereocenters. The van der Waals surface area contributed by atoms with Crippen LogP contribution >= 0.6 is 0 Å². The molecule has 1 aromatic rings. The summed E-state index contributed by atoms with van der Waals surface area (Å²) in [7, 11) is 0. The SMILES string of the molecule is CC(C)c1cc(O)c(F)c2c1C(C)CCC2. The molecule has 0 spiro atoms. The van der Waals surface area contributed by atoms with Crippen molar-refractivity contribution in [3.05, 3.63) is 28.6 Å². The molecule has 0 saturated heterocycles. The number of benzene rings is 1. The fourth-order valence-corrected chi connectivity index (χ4v) is 2.77. The minimum absolute atomic E-state index is 0.184. The maximum Gasteiger partial charge on any atom is 0.168 e. The lowest BCUT2D eigenvalue weighted by atomic mass is 9.78. The smallest absolute Gasteiger partial charge is 0.168 e. The summed E-state index contributed by atoms with van der Waals surface area (Å²) in [6.45, 7) is 6.34. The Labute approximate surface area is 96.3 Å². The van der Waals surface area contributed by atoms with Crippen molar-refractivity contribution in [1.82, 2.24) is 0 Å². The topological polar surface area (TPSA) is 20.2 Å². The van der Waals surface area contributed by atoms with E-state index in [0.717, 1.165) is 36.0 Å². The Morgan fingerprint density at radius 1 is 1.44 bits per heavy atom. The molecule has 0 fully saturated rings. The monoisotopic (exact) mass is 222 g/mol. The van der Waals surface area contributed by atoms with Gasteiger partial charge in [-0.05, 0) is 53.9 Å². The second-order valence-corrected chi connectivity index (χ2v) is 5.14. The van der Waals surface area contributed by atoms with Gasteiger partial charge in [0, 0.05) is 0 Å². The van der Waals surface area contributed by atoms with Crippen LogP contribution in [0.25, 0.3) is 0 Å². The highest BCUT2D eigenvalue weighted by atomic mass is 19.1. The highest BCUT2D eigenvalue weighted by Gasteiger charge is 2.25. The van der Waals surface area contributed by atoms with Gasteiger partial charge in [-0.15, -0.1) is 0 Å². The number of aromatic hydroxyl groups is 1. The zero-order chi connectivity index (χ0) is 11.9.